The van der Waals surface area contributed by atoms with Crippen LogP contribution in [0.2, 0.25) is 0 Å². The van der Waals surface area contributed by atoms with Gasteiger partial charge in [0.05, 0.1) is 17.9 Å². The Labute approximate surface area is 196 Å². The number of hydrogen-bond donors (Lipinski definition) is 0. The Morgan fingerprint density at radius 2 is 1.87 bits per heavy atom. The summed E-state index contributed by atoms with van der Waals surface area (Å²) in [4.78, 5) is 14.0. The summed E-state index contributed by atoms with van der Waals surface area (Å²) < 4.78 is 8.06. The molecule has 3 nitrogen and oxygen atoms in total. The Balaban J connectivity index is 0.00000231. The van der Waals surface area contributed by atoms with E-state index in [0.717, 1.165) is 24.8 Å². The van der Waals surface area contributed by atoms with Gasteiger partial charge in [-0.05, 0) is 61.2 Å². The molecule has 168 valence electrons. The molecular formula is C26H34ClNO2S. The van der Waals surface area contributed by atoms with Gasteiger partial charge in [0.25, 0.3) is 0 Å². The lowest BCUT2D eigenvalue weighted by molar-refractivity contribution is -0.689. The number of aromatic nitrogens is 1. The molecular weight excluding hydrogens is 426 g/mol. The lowest BCUT2D eigenvalue weighted by Gasteiger charge is -2.61. The average molecular weight is 460 g/mol. The highest BCUT2D eigenvalue weighted by Crippen LogP contribution is 2.66. The monoisotopic (exact) mass is 459 g/mol. The first-order valence-corrected chi connectivity index (χ1v) is 12.5. The number of nitrogens with zero attached hydrogens (tertiary/aromatic N) is 1. The van der Waals surface area contributed by atoms with Crippen LogP contribution < -0.4 is 17.0 Å². The third-order valence-corrected chi connectivity index (χ3v) is 9.08. The maximum atomic E-state index is 12.7. The number of thiazole rings is 1. The van der Waals surface area contributed by atoms with Crippen LogP contribution in [-0.4, -0.2) is 12.6 Å². The van der Waals surface area contributed by atoms with Crippen LogP contribution in [0.1, 0.15) is 68.0 Å². The van der Waals surface area contributed by atoms with E-state index >= 15 is 0 Å². The van der Waals surface area contributed by atoms with E-state index in [0.29, 0.717) is 18.4 Å². The number of hydrogen-bond acceptors (Lipinski definition) is 3. The molecule has 0 amide bonds. The SMILES string of the molecule is Cc1c(CCOC(=O)CC23CC4CC(CC(C)(C4)C2)C3)sc[n+]1Cc1ccccc1.[Cl-]. The number of rotatable bonds is 7. The third-order valence-electron chi connectivity index (χ3n) is 7.94. The molecule has 0 radical (unpaired) electrons. The standard InChI is InChI=1S/C26H34NO2S.ClH/c1-19-23(30-18-27(19)16-20-6-4-3-5-7-20)8-9-29-24(28)15-26-13-21-10-22(14-26)12-25(2,11-21)17-26;/h3-7,18,21-22H,8-17H2,1-2H3;1H/q+1;/p-1. The van der Waals surface area contributed by atoms with E-state index < -0.39 is 0 Å². The number of esters is 1. The van der Waals surface area contributed by atoms with Gasteiger partial charge in [0.2, 0.25) is 5.51 Å². The van der Waals surface area contributed by atoms with Crippen LogP contribution in [-0.2, 0) is 22.5 Å². The second-order valence-electron chi connectivity index (χ2n) is 10.8. The van der Waals surface area contributed by atoms with Gasteiger partial charge in [0, 0.05) is 18.9 Å². The van der Waals surface area contributed by atoms with Crippen LogP contribution in [0.3, 0.4) is 0 Å². The molecule has 4 bridgehead atoms. The Morgan fingerprint density at radius 3 is 2.55 bits per heavy atom. The highest BCUT2D eigenvalue weighted by molar-refractivity contribution is 7.09. The molecule has 5 heteroatoms. The quantitative estimate of drug-likeness (QED) is 0.470. The van der Waals surface area contributed by atoms with Crippen molar-refractivity contribution < 1.29 is 26.5 Å². The van der Waals surface area contributed by atoms with E-state index in [-0.39, 0.29) is 23.8 Å². The molecule has 0 saturated heterocycles. The number of benzene rings is 1. The summed E-state index contributed by atoms with van der Waals surface area (Å²) in [6.07, 6.45) is 9.42. The van der Waals surface area contributed by atoms with Gasteiger partial charge in [0.15, 0.2) is 12.2 Å². The molecule has 1 aromatic carbocycles. The fourth-order valence-corrected chi connectivity index (χ4v) is 8.35. The molecule has 0 aliphatic heterocycles. The van der Waals surface area contributed by atoms with E-state index in [9.17, 15) is 4.79 Å². The number of ether oxygens (including phenoxy) is 1. The molecule has 0 N–H and O–H groups in total. The molecule has 4 aliphatic rings. The van der Waals surface area contributed by atoms with E-state index in [1.807, 2.05) is 0 Å². The zero-order chi connectivity index (χ0) is 20.8. The van der Waals surface area contributed by atoms with Gasteiger partial charge in [-0.1, -0.05) is 48.6 Å². The average Bonchev–Trinajstić information content (AvgIpc) is 3.00. The molecule has 2 unspecified atom stereocenters. The lowest BCUT2D eigenvalue weighted by atomic mass is 9.44. The van der Waals surface area contributed by atoms with Crippen molar-refractivity contribution in [2.45, 2.75) is 71.8 Å². The Morgan fingerprint density at radius 1 is 1.16 bits per heavy atom. The van der Waals surface area contributed by atoms with Crippen molar-refractivity contribution in [2.24, 2.45) is 22.7 Å². The normalized spacial score (nSPS) is 30.8. The Kier molecular flexibility index (Phi) is 6.52. The van der Waals surface area contributed by atoms with Crippen molar-refractivity contribution in [1.29, 1.82) is 0 Å². The van der Waals surface area contributed by atoms with Gasteiger partial charge in [-0.3, -0.25) is 4.79 Å². The summed E-state index contributed by atoms with van der Waals surface area (Å²) in [5.74, 6) is 1.75. The first kappa shape index (κ1) is 22.8. The summed E-state index contributed by atoms with van der Waals surface area (Å²) in [6, 6.07) is 10.6. The lowest BCUT2D eigenvalue weighted by Crippen LogP contribution is -3.00. The van der Waals surface area contributed by atoms with Crippen LogP contribution in [0.4, 0.5) is 0 Å². The van der Waals surface area contributed by atoms with Gasteiger partial charge < -0.3 is 17.1 Å². The second-order valence-corrected chi connectivity index (χ2v) is 11.7. The summed E-state index contributed by atoms with van der Waals surface area (Å²) in [5, 5.41) is 0. The summed E-state index contributed by atoms with van der Waals surface area (Å²) in [7, 11) is 0. The van der Waals surface area contributed by atoms with Crippen molar-refractivity contribution >= 4 is 17.3 Å². The van der Waals surface area contributed by atoms with Crippen molar-refractivity contribution in [3.8, 4) is 0 Å². The van der Waals surface area contributed by atoms with Crippen LogP contribution in [0.5, 0.6) is 0 Å². The van der Waals surface area contributed by atoms with Crippen molar-refractivity contribution in [2.75, 3.05) is 6.61 Å². The maximum absolute atomic E-state index is 12.7. The van der Waals surface area contributed by atoms with Crippen LogP contribution in [0.25, 0.3) is 0 Å². The first-order valence-electron chi connectivity index (χ1n) is 11.6. The van der Waals surface area contributed by atoms with Gasteiger partial charge in [-0.2, -0.15) is 4.57 Å². The molecule has 4 saturated carbocycles. The van der Waals surface area contributed by atoms with Crippen LogP contribution in [0.15, 0.2) is 35.8 Å². The molecule has 0 spiro atoms. The number of carbonyl (C=O) groups is 1. The van der Waals surface area contributed by atoms with Crippen molar-refractivity contribution in [3.63, 3.8) is 0 Å². The largest absolute Gasteiger partial charge is 1.00 e. The van der Waals surface area contributed by atoms with Gasteiger partial charge in [0.1, 0.15) is 0 Å². The minimum Gasteiger partial charge on any atom is -1.00 e. The van der Waals surface area contributed by atoms with Gasteiger partial charge in [-0.25, -0.2) is 0 Å². The fraction of sp³-hybridized carbons (Fsp3) is 0.615. The zero-order valence-corrected chi connectivity index (χ0v) is 20.3. The number of carbonyl (C=O) groups excluding carboxylic acids is 1. The predicted octanol–water partition coefficient (Wildman–Crippen LogP) is 2.48. The highest BCUT2D eigenvalue weighted by atomic mass is 35.5. The summed E-state index contributed by atoms with van der Waals surface area (Å²) in [5.41, 5.74) is 5.52. The van der Waals surface area contributed by atoms with E-state index in [1.54, 1.807) is 11.3 Å². The van der Waals surface area contributed by atoms with E-state index in [4.69, 9.17) is 4.74 Å². The molecule has 31 heavy (non-hydrogen) atoms. The molecule has 2 atom stereocenters. The molecule has 4 fully saturated rings. The minimum absolute atomic E-state index is 0. The van der Waals surface area contributed by atoms with Crippen LogP contribution >= 0.6 is 11.3 Å². The van der Waals surface area contributed by atoms with Gasteiger partial charge in [-0.15, -0.1) is 0 Å². The third kappa shape index (κ3) is 4.85. The van der Waals surface area contributed by atoms with Crippen molar-refractivity contribution in [1.82, 2.24) is 0 Å². The summed E-state index contributed by atoms with van der Waals surface area (Å²) in [6.45, 7) is 6.04. The maximum Gasteiger partial charge on any atom is 0.306 e. The van der Waals surface area contributed by atoms with Crippen molar-refractivity contribution in [3.05, 3.63) is 52.0 Å². The summed E-state index contributed by atoms with van der Waals surface area (Å²) >= 11 is 1.77. The molecule has 1 heterocycles. The van der Waals surface area contributed by atoms with Gasteiger partial charge >= 0.3 is 5.97 Å². The number of halogens is 1. The minimum atomic E-state index is 0. The highest BCUT2D eigenvalue weighted by Gasteiger charge is 2.56. The molecule has 4 aliphatic carbocycles. The topological polar surface area (TPSA) is 30.2 Å². The smallest absolute Gasteiger partial charge is 0.306 e. The molecule has 1 aromatic heterocycles. The van der Waals surface area contributed by atoms with E-state index in [1.165, 1.54) is 54.7 Å². The molecule has 6 rings (SSSR count). The van der Waals surface area contributed by atoms with Crippen LogP contribution in [0, 0.1) is 29.6 Å². The Hall–Kier alpha value is -1.39. The molecule has 2 aromatic rings. The second kappa shape index (κ2) is 8.86. The zero-order valence-electron chi connectivity index (χ0n) is 18.7. The Bertz CT molecular complexity index is 911. The first-order chi connectivity index (χ1) is 14.4. The van der Waals surface area contributed by atoms with E-state index in [2.05, 4.69) is 54.3 Å². The fourth-order valence-electron chi connectivity index (χ4n) is 7.38. The predicted molar refractivity (Wildman–Crippen MR) is 119 cm³/mol.